The van der Waals surface area contributed by atoms with Gasteiger partial charge in [-0.05, 0) is 12.8 Å². The predicted molar refractivity (Wildman–Crippen MR) is 73.7 cm³/mol. The van der Waals surface area contributed by atoms with E-state index in [9.17, 15) is 4.79 Å². The minimum atomic E-state index is 0.0402. The highest BCUT2D eigenvalue weighted by Gasteiger charge is 2.49. The van der Waals surface area contributed by atoms with Gasteiger partial charge in [0, 0.05) is 44.0 Å². The van der Waals surface area contributed by atoms with Crippen molar-refractivity contribution in [3.8, 4) is 0 Å². The molecule has 0 aromatic carbocycles. The summed E-state index contributed by atoms with van der Waals surface area (Å²) in [6.07, 6.45) is 7.14. The molecule has 1 aliphatic heterocycles. The van der Waals surface area contributed by atoms with Crippen LogP contribution >= 0.6 is 0 Å². The number of aryl methyl sites for hydroxylation is 1. The molecule has 0 radical (unpaired) electrons. The van der Waals surface area contributed by atoms with Crippen LogP contribution in [0.2, 0.25) is 0 Å². The Bertz CT molecular complexity index is 495. The summed E-state index contributed by atoms with van der Waals surface area (Å²) in [5.74, 6) is 0.866. The number of hydrogen-bond acceptors (Lipinski definition) is 4. The van der Waals surface area contributed by atoms with E-state index in [1.165, 1.54) is 6.42 Å². The number of carbonyl (C=O) groups is 1. The second-order valence-corrected chi connectivity index (χ2v) is 6.04. The number of rotatable bonds is 4. The Morgan fingerprint density at radius 1 is 1.60 bits per heavy atom. The van der Waals surface area contributed by atoms with E-state index in [1.807, 2.05) is 22.7 Å². The number of nitrogens with two attached hydrogens (primary N) is 1. The van der Waals surface area contributed by atoms with Crippen molar-refractivity contribution in [3.05, 3.63) is 18.2 Å². The van der Waals surface area contributed by atoms with E-state index < -0.39 is 0 Å². The maximum atomic E-state index is 12.2. The lowest BCUT2D eigenvalue weighted by Crippen LogP contribution is -2.45. The first-order chi connectivity index (χ1) is 9.61. The van der Waals surface area contributed by atoms with Crippen LogP contribution in [-0.2, 0) is 23.2 Å². The molecule has 6 heteroatoms. The van der Waals surface area contributed by atoms with E-state index in [1.54, 1.807) is 6.20 Å². The number of amides is 1. The van der Waals surface area contributed by atoms with Crippen molar-refractivity contribution in [2.24, 2.45) is 18.2 Å². The number of imidazole rings is 1. The van der Waals surface area contributed by atoms with Crippen molar-refractivity contribution < 1.29 is 9.53 Å². The topological polar surface area (TPSA) is 73.4 Å². The summed E-state index contributed by atoms with van der Waals surface area (Å²) < 4.78 is 7.36. The van der Waals surface area contributed by atoms with Crippen molar-refractivity contribution in [2.75, 3.05) is 19.7 Å². The highest BCUT2D eigenvalue weighted by atomic mass is 16.5. The lowest BCUT2D eigenvalue weighted by Gasteiger charge is -2.41. The van der Waals surface area contributed by atoms with Crippen LogP contribution in [0.5, 0.6) is 0 Å². The zero-order valence-corrected chi connectivity index (χ0v) is 11.9. The fourth-order valence-corrected chi connectivity index (χ4v) is 3.20. The molecule has 2 heterocycles. The van der Waals surface area contributed by atoms with Gasteiger partial charge in [-0.15, -0.1) is 0 Å². The molecule has 1 aliphatic carbocycles. The standard InChI is InChI=1S/C14H22N4O2/c1-17-6-5-16-12(17)8-20-9-13(19)18-7-11(15)14(10-18)3-2-4-14/h5-6,11H,2-4,7-10,15H2,1H3. The van der Waals surface area contributed by atoms with Crippen LogP contribution < -0.4 is 5.73 Å². The van der Waals surface area contributed by atoms with Gasteiger partial charge in [0.2, 0.25) is 5.91 Å². The van der Waals surface area contributed by atoms with Gasteiger partial charge in [-0.2, -0.15) is 0 Å². The molecule has 2 fully saturated rings. The van der Waals surface area contributed by atoms with Gasteiger partial charge in [-0.3, -0.25) is 4.79 Å². The van der Waals surface area contributed by atoms with Crippen molar-refractivity contribution in [2.45, 2.75) is 31.9 Å². The van der Waals surface area contributed by atoms with Crippen LogP contribution in [0.3, 0.4) is 0 Å². The lowest BCUT2D eigenvalue weighted by molar-refractivity contribution is -0.136. The van der Waals surface area contributed by atoms with Crippen molar-refractivity contribution in [1.29, 1.82) is 0 Å². The first-order valence-corrected chi connectivity index (χ1v) is 7.18. The minimum absolute atomic E-state index is 0.0402. The lowest BCUT2D eigenvalue weighted by atomic mass is 9.66. The number of nitrogens with zero attached hydrogens (tertiary/aromatic N) is 3. The molecule has 1 spiro atoms. The van der Waals surface area contributed by atoms with E-state index in [4.69, 9.17) is 10.5 Å². The Morgan fingerprint density at radius 2 is 2.40 bits per heavy atom. The van der Waals surface area contributed by atoms with Gasteiger partial charge in [0.1, 0.15) is 19.0 Å². The molecule has 110 valence electrons. The van der Waals surface area contributed by atoms with Gasteiger partial charge in [0.15, 0.2) is 0 Å². The van der Waals surface area contributed by atoms with Crippen LogP contribution in [0.1, 0.15) is 25.1 Å². The summed E-state index contributed by atoms with van der Waals surface area (Å²) in [5.41, 5.74) is 6.38. The third kappa shape index (κ3) is 2.33. The fourth-order valence-electron chi connectivity index (χ4n) is 3.20. The smallest absolute Gasteiger partial charge is 0.248 e. The molecule has 6 nitrogen and oxygen atoms in total. The summed E-state index contributed by atoms with van der Waals surface area (Å²) in [6.45, 7) is 1.94. The zero-order valence-electron chi connectivity index (χ0n) is 11.9. The molecule has 20 heavy (non-hydrogen) atoms. The number of carbonyl (C=O) groups excluding carboxylic acids is 1. The van der Waals surface area contributed by atoms with Crippen LogP contribution in [0.15, 0.2) is 12.4 Å². The molecule has 1 saturated heterocycles. The Labute approximate surface area is 118 Å². The highest BCUT2D eigenvalue weighted by molar-refractivity contribution is 5.78. The van der Waals surface area contributed by atoms with Gasteiger partial charge in [-0.1, -0.05) is 6.42 Å². The summed E-state index contributed by atoms with van der Waals surface area (Å²) in [5, 5.41) is 0. The summed E-state index contributed by atoms with van der Waals surface area (Å²) >= 11 is 0. The van der Waals surface area contributed by atoms with Gasteiger partial charge >= 0.3 is 0 Å². The molecule has 1 amide bonds. The monoisotopic (exact) mass is 278 g/mol. The van der Waals surface area contributed by atoms with E-state index in [0.29, 0.717) is 13.2 Å². The Kier molecular flexibility index (Phi) is 3.52. The number of aromatic nitrogens is 2. The van der Waals surface area contributed by atoms with Gasteiger partial charge < -0.3 is 19.9 Å². The second kappa shape index (κ2) is 5.18. The normalized spacial score (nSPS) is 24.1. The second-order valence-electron chi connectivity index (χ2n) is 6.04. The highest BCUT2D eigenvalue weighted by Crippen LogP contribution is 2.47. The molecule has 1 saturated carbocycles. The summed E-state index contributed by atoms with van der Waals surface area (Å²) in [7, 11) is 1.91. The Hall–Kier alpha value is -1.40. The van der Waals surface area contributed by atoms with Crippen molar-refractivity contribution in [1.82, 2.24) is 14.5 Å². The minimum Gasteiger partial charge on any atom is -0.364 e. The quantitative estimate of drug-likeness (QED) is 0.858. The van der Waals surface area contributed by atoms with Crippen LogP contribution in [-0.4, -0.2) is 46.1 Å². The first kappa shape index (κ1) is 13.6. The molecule has 2 N–H and O–H groups in total. The molecular weight excluding hydrogens is 256 g/mol. The van der Waals surface area contributed by atoms with E-state index in [-0.39, 0.29) is 24.0 Å². The average molecular weight is 278 g/mol. The molecule has 1 atom stereocenters. The molecule has 2 aliphatic rings. The largest absolute Gasteiger partial charge is 0.364 e. The maximum absolute atomic E-state index is 12.2. The van der Waals surface area contributed by atoms with Crippen molar-refractivity contribution >= 4 is 5.91 Å². The fraction of sp³-hybridized carbons (Fsp3) is 0.714. The molecule has 1 unspecified atom stereocenters. The SMILES string of the molecule is Cn1ccnc1COCC(=O)N1CC(N)C2(CCC2)C1. The van der Waals surface area contributed by atoms with Gasteiger partial charge in [0.25, 0.3) is 0 Å². The van der Waals surface area contributed by atoms with Crippen LogP contribution in [0.4, 0.5) is 0 Å². The number of hydrogen-bond donors (Lipinski definition) is 1. The van der Waals surface area contributed by atoms with Crippen LogP contribution in [0.25, 0.3) is 0 Å². The van der Waals surface area contributed by atoms with E-state index in [0.717, 1.165) is 25.2 Å². The third-order valence-corrected chi connectivity index (χ3v) is 4.79. The number of likely N-dealkylation sites (tertiary alicyclic amines) is 1. The third-order valence-electron chi connectivity index (χ3n) is 4.79. The molecule has 3 rings (SSSR count). The van der Waals surface area contributed by atoms with E-state index >= 15 is 0 Å². The molecular formula is C14H22N4O2. The number of ether oxygens (including phenoxy) is 1. The average Bonchev–Trinajstić information content (AvgIpc) is 2.93. The van der Waals surface area contributed by atoms with Gasteiger partial charge in [-0.25, -0.2) is 4.98 Å². The zero-order chi connectivity index (χ0) is 14.2. The van der Waals surface area contributed by atoms with E-state index in [2.05, 4.69) is 4.98 Å². The Morgan fingerprint density at radius 3 is 2.95 bits per heavy atom. The maximum Gasteiger partial charge on any atom is 0.248 e. The first-order valence-electron chi connectivity index (χ1n) is 7.18. The molecule has 1 aromatic heterocycles. The predicted octanol–water partition coefficient (Wildman–Crippen LogP) is 0.277. The Balaban J connectivity index is 1.47. The molecule has 1 aromatic rings. The van der Waals surface area contributed by atoms with Gasteiger partial charge in [0.05, 0.1) is 0 Å². The van der Waals surface area contributed by atoms with Crippen molar-refractivity contribution in [3.63, 3.8) is 0 Å². The summed E-state index contributed by atoms with van der Waals surface area (Å²) in [6, 6.07) is 0.134. The molecule has 0 bridgehead atoms. The summed E-state index contributed by atoms with van der Waals surface area (Å²) in [4.78, 5) is 18.2. The van der Waals surface area contributed by atoms with Crippen LogP contribution in [0, 0.1) is 5.41 Å².